The van der Waals surface area contributed by atoms with Crippen molar-refractivity contribution in [2.24, 2.45) is 0 Å². The van der Waals surface area contributed by atoms with E-state index >= 15 is 0 Å². The second-order valence-corrected chi connectivity index (χ2v) is 3.78. The Kier molecular flexibility index (Phi) is 4.26. The predicted molar refractivity (Wildman–Crippen MR) is 58.4 cm³/mol. The molecule has 1 unspecified atom stereocenters. The van der Waals surface area contributed by atoms with Gasteiger partial charge < -0.3 is 5.32 Å². The number of benzene rings is 1. The van der Waals surface area contributed by atoms with Gasteiger partial charge in [0.05, 0.1) is 0 Å². The summed E-state index contributed by atoms with van der Waals surface area (Å²) in [6.07, 6.45) is 1.15. The van der Waals surface area contributed by atoms with E-state index in [0.717, 1.165) is 18.0 Å². The summed E-state index contributed by atoms with van der Waals surface area (Å²) in [6, 6.07) is 8.09. The molecule has 1 atom stereocenters. The molecule has 1 rings (SSSR count). The third kappa shape index (κ3) is 3.37. The fourth-order valence-corrected chi connectivity index (χ4v) is 1.54. The van der Waals surface area contributed by atoms with Crippen LogP contribution >= 0.6 is 11.6 Å². The van der Waals surface area contributed by atoms with Crippen molar-refractivity contribution in [3.63, 3.8) is 0 Å². The van der Waals surface area contributed by atoms with Gasteiger partial charge in [-0.15, -0.1) is 0 Å². The second kappa shape index (κ2) is 5.25. The van der Waals surface area contributed by atoms with Crippen LogP contribution in [0.15, 0.2) is 24.3 Å². The third-order valence-electron chi connectivity index (χ3n) is 2.25. The van der Waals surface area contributed by atoms with Gasteiger partial charge in [0.2, 0.25) is 0 Å². The van der Waals surface area contributed by atoms with Crippen LogP contribution in [0.2, 0.25) is 5.02 Å². The van der Waals surface area contributed by atoms with E-state index in [4.69, 9.17) is 11.6 Å². The Labute approximate surface area is 85.1 Å². The first-order chi connectivity index (χ1) is 6.24. The van der Waals surface area contributed by atoms with Crippen molar-refractivity contribution >= 4 is 11.6 Å². The van der Waals surface area contributed by atoms with E-state index in [1.807, 2.05) is 25.2 Å². The number of halogens is 1. The lowest BCUT2D eigenvalue weighted by Crippen LogP contribution is -2.10. The van der Waals surface area contributed by atoms with Gasteiger partial charge in [-0.25, -0.2) is 0 Å². The number of rotatable bonds is 4. The molecule has 72 valence electrons. The van der Waals surface area contributed by atoms with Crippen molar-refractivity contribution in [3.8, 4) is 0 Å². The Bertz CT molecular complexity index is 260. The zero-order chi connectivity index (χ0) is 9.68. The third-order valence-corrected chi connectivity index (χ3v) is 2.48. The summed E-state index contributed by atoms with van der Waals surface area (Å²) in [4.78, 5) is 0. The minimum absolute atomic E-state index is 0.575. The molecule has 0 saturated carbocycles. The van der Waals surface area contributed by atoms with Crippen LogP contribution in [0, 0.1) is 0 Å². The average Bonchev–Trinajstić information content (AvgIpc) is 2.14. The molecule has 0 aromatic heterocycles. The fourth-order valence-electron chi connectivity index (χ4n) is 1.34. The highest BCUT2D eigenvalue weighted by atomic mass is 35.5. The maximum absolute atomic E-state index is 5.91. The second-order valence-electron chi connectivity index (χ2n) is 3.35. The average molecular weight is 198 g/mol. The quantitative estimate of drug-likeness (QED) is 0.783. The van der Waals surface area contributed by atoms with Crippen LogP contribution in [0.5, 0.6) is 0 Å². The van der Waals surface area contributed by atoms with Gasteiger partial charge in [0, 0.05) is 5.02 Å². The molecule has 13 heavy (non-hydrogen) atoms. The van der Waals surface area contributed by atoms with Crippen LogP contribution in [-0.2, 0) is 0 Å². The standard InChI is InChI=1S/C11H16ClN/c1-9(6-7-13-2)10-4-3-5-11(12)8-10/h3-5,8-9,13H,6-7H2,1-2H3. The van der Waals surface area contributed by atoms with Crippen molar-refractivity contribution in [2.75, 3.05) is 13.6 Å². The lowest BCUT2D eigenvalue weighted by atomic mass is 9.98. The van der Waals surface area contributed by atoms with Gasteiger partial charge in [-0.05, 0) is 43.6 Å². The van der Waals surface area contributed by atoms with Gasteiger partial charge in [-0.1, -0.05) is 30.7 Å². The fraction of sp³-hybridized carbons (Fsp3) is 0.455. The van der Waals surface area contributed by atoms with Crippen molar-refractivity contribution in [1.82, 2.24) is 5.32 Å². The molecule has 1 N–H and O–H groups in total. The molecular formula is C11H16ClN. The zero-order valence-electron chi connectivity index (χ0n) is 8.18. The lowest BCUT2D eigenvalue weighted by Gasteiger charge is -2.11. The van der Waals surface area contributed by atoms with E-state index in [1.54, 1.807) is 0 Å². The van der Waals surface area contributed by atoms with Crippen LogP contribution in [0.25, 0.3) is 0 Å². The zero-order valence-corrected chi connectivity index (χ0v) is 8.93. The van der Waals surface area contributed by atoms with E-state index in [2.05, 4.69) is 18.3 Å². The van der Waals surface area contributed by atoms with Gasteiger partial charge >= 0.3 is 0 Å². The molecule has 0 radical (unpaired) electrons. The summed E-state index contributed by atoms with van der Waals surface area (Å²) in [7, 11) is 1.98. The topological polar surface area (TPSA) is 12.0 Å². The smallest absolute Gasteiger partial charge is 0.0408 e. The molecule has 0 saturated heterocycles. The van der Waals surface area contributed by atoms with E-state index in [1.165, 1.54) is 5.56 Å². The normalized spacial score (nSPS) is 12.8. The minimum Gasteiger partial charge on any atom is -0.320 e. The Morgan fingerprint density at radius 3 is 2.85 bits per heavy atom. The molecule has 1 aromatic carbocycles. The summed E-state index contributed by atoms with van der Waals surface area (Å²) >= 11 is 5.91. The molecule has 0 bridgehead atoms. The first-order valence-electron chi connectivity index (χ1n) is 4.64. The Balaban J connectivity index is 2.60. The summed E-state index contributed by atoms with van der Waals surface area (Å²) in [6.45, 7) is 3.27. The number of hydrogen-bond donors (Lipinski definition) is 1. The molecular weight excluding hydrogens is 182 g/mol. The molecule has 0 amide bonds. The maximum atomic E-state index is 5.91. The van der Waals surface area contributed by atoms with Crippen LogP contribution in [0.3, 0.4) is 0 Å². The van der Waals surface area contributed by atoms with Crippen molar-refractivity contribution in [1.29, 1.82) is 0 Å². The van der Waals surface area contributed by atoms with Gasteiger partial charge in [0.25, 0.3) is 0 Å². The molecule has 0 fully saturated rings. The molecule has 0 aliphatic heterocycles. The van der Waals surface area contributed by atoms with Crippen molar-refractivity contribution in [3.05, 3.63) is 34.9 Å². The van der Waals surface area contributed by atoms with E-state index in [9.17, 15) is 0 Å². The van der Waals surface area contributed by atoms with E-state index < -0.39 is 0 Å². The largest absolute Gasteiger partial charge is 0.320 e. The monoisotopic (exact) mass is 197 g/mol. The number of nitrogens with one attached hydrogen (secondary N) is 1. The van der Waals surface area contributed by atoms with Crippen LogP contribution in [0.1, 0.15) is 24.8 Å². The lowest BCUT2D eigenvalue weighted by molar-refractivity contribution is 0.636. The first-order valence-corrected chi connectivity index (χ1v) is 5.02. The van der Waals surface area contributed by atoms with Gasteiger partial charge in [-0.3, -0.25) is 0 Å². The predicted octanol–water partition coefficient (Wildman–Crippen LogP) is 3.05. The molecule has 0 heterocycles. The van der Waals surface area contributed by atoms with Crippen LogP contribution < -0.4 is 5.32 Å². The summed E-state index contributed by atoms with van der Waals surface area (Å²) in [5.41, 5.74) is 1.32. The Hall–Kier alpha value is -0.530. The van der Waals surface area contributed by atoms with Gasteiger partial charge in [0.15, 0.2) is 0 Å². The van der Waals surface area contributed by atoms with Gasteiger partial charge in [0.1, 0.15) is 0 Å². The van der Waals surface area contributed by atoms with E-state index in [-0.39, 0.29) is 0 Å². The van der Waals surface area contributed by atoms with Crippen molar-refractivity contribution in [2.45, 2.75) is 19.3 Å². The minimum atomic E-state index is 0.575. The highest BCUT2D eigenvalue weighted by Crippen LogP contribution is 2.21. The molecule has 1 nitrogen and oxygen atoms in total. The Morgan fingerprint density at radius 2 is 2.23 bits per heavy atom. The Morgan fingerprint density at radius 1 is 1.46 bits per heavy atom. The van der Waals surface area contributed by atoms with Crippen LogP contribution in [-0.4, -0.2) is 13.6 Å². The maximum Gasteiger partial charge on any atom is 0.0408 e. The van der Waals surface area contributed by atoms with Crippen LogP contribution in [0.4, 0.5) is 0 Å². The molecule has 1 aromatic rings. The highest BCUT2D eigenvalue weighted by molar-refractivity contribution is 6.30. The molecule has 0 aliphatic carbocycles. The van der Waals surface area contributed by atoms with Crippen molar-refractivity contribution < 1.29 is 0 Å². The summed E-state index contributed by atoms with van der Waals surface area (Å²) < 4.78 is 0. The highest BCUT2D eigenvalue weighted by Gasteiger charge is 2.04. The SMILES string of the molecule is CNCCC(C)c1cccc(Cl)c1. The molecule has 0 aliphatic rings. The summed E-state index contributed by atoms with van der Waals surface area (Å²) in [5.74, 6) is 0.575. The van der Waals surface area contributed by atoms with Gasteiger partial charge in [-0.2, -0.15) is 0 Å². The molecule has 0 spiro atoms. The van der Waals surface area contributed by atoms with E-state index in [0.29, 0.717) is 5.92 Å². The summed E-state index contributed by atoms with van der Waals surface area (Å²) in [5, 5.41) is 3.98. The number of hydrogen-bond acceptors (Lipinski definition) is 1. The molecule has 2 heteroatoms. The first kappa shape index (κ1) is 10.6.